The Hall–Kier alpha value is -1.51. The van der Waals surface area contributed by atoms with Crippen LogP contribution in [0.15, 0.2) is 29.2 Å². The van der Waals surface area contributed by atoms with Crippen LogP contribution >= 0.6 is 0 Å². The van der Waals surface area contributed by atoms with E-state index in [2.05, 4.69) is 11.8 Å². The SMILES string of the molecule is CCN1CCC(N(C)S(=O)(=O)c2ccc([N+](=O)[O-])cc2)CC1. The van der Waals surface area contributed by atoms with Gasteiger partial charge in [0.15, 0.2) is 0 Å². The van der Waals surface area contributed by atoms with Crippen LogP contribution in [0.3, 0.4) is 0 Å². The minimum absolute atomic E-state index is 0.0250. The van der Waals surface area contributed by atoms with Gasteiger partial charge in [0.05, 0.1) is 9.82 Å². The first-order valence-electron chi connectivity index (χ1n) is 7.31. The molecule has 0 saturated carbocycles. The number of likely N-dealkylation sites (tertiary alicyclic amines) is 1. The second-order valence-electron chi connectivity index (χ2n) is 5.44. The summed E-state index contributed by atoms with van der Waals surface area (Å²) in [6.07, 6.45) is 1.60. The molecule has 22 heavy (non-hydrogen) atoms. The van der Waals surface area contributed by atoms with Crippen molar-refractivity contribution >= 4 is 15.7 Å². The Kier molecular flexibility index (Phi) is 5.15. The Bertz CT molecular complexity index is 622. The average molecular weight is 327 g/mol. The van der Waals surface area contributed by atoms with E-state index >= 15 is 0 Å². The number of nitro benzene ring substituents is 1. The molecule has 0 aromatic heterocycles. The first-order chi connectivity index (χ1) is 10.4. The van der Waals surface area contributed by atoms with Gasteiger partial charge >= 0.3 is 0 Å². The van der Waals surface area contributed by atoms with Gasteiger partial charge in [-0.2, -0.15) is 4.31 Å². The third-order valence-corrected chi connectivity index (χ3v) is 6.17. The predicted molar refractivity (Wildman–Crippen MR) is 83.2 cm³/mol. The van der Waals surface area contributed by atoms with Gasteiger partial charge < -0.3 is 4.90 Å². The minimum atomic E-state index is -3.61. The van der Waals surface area contributed by atoms with Gasteiger partial charge in [-0.15, -0.1) is 0 Å². The van der Waals surface area contributed by atoms with Crippen LogP contribution in [0.25, 0.3) is 0 Å². The standard InChI is InChI=1S/C14H21N3O4S/c1-3-16-10-8-12(9-11-16)15(2)22(20,21)14-6-4-13(5-7-14)17(18)19/h4-7,12H,3,8-11H2,1-2H3. The third-order valence-electron chi connectivity index (χ3n) is 4.24. The van der Waals surface area contributed by atoms with Crippen molar-refractivity contribution in [2.45, 2.75) is 30.7 Å². The number of rotatable bonds is 5. The van der Waals surface area contributed by atoms with Gasteiger partial charge in [0.25, 0.3) is 5.69 Å². The number of sulfonamides is 1. The summed E-state index contributed by atoms with van der Waals surface area (Å²) in [6, 6.07) is 5.01. The maximum Gasteiger partial charge on any atom is 0.269 e. The van der Waals surface area contributed by atoms with Crippen LogP contribution in [-0.4, -0.2) is 55.3 Å². The summed E-state index contributed by atoms with van der Waals surface area (Å²) in [5, 5.41) is 10.6. The van der Waals surface area contributed by atoms with Crippen LogP contribution in [0, 0.1) is 10.1 Å². The van der Waals surface area contributed by atoms with Gasteiger partial charge in [-0.3, -0.25) is 10.1 Å². The van der Waals surface area contributed by atoms with Crippen LogP contribution in [0.4, 0.5) is 5.69 Å². The van der Waals surface area contributed by atoms with E-state index in [1.807, 2.05) is 0 Å². The lowest BCUT2D eigenvalue weighted by atomic mass is 10.1. The van der Waals surface area contributed by atoms with Gasteiger partial charge in [0.1, 0.15) is 0 Å². The fraction of sp³-hybridized carbons (Fsp3) is 0.571. The lowest BCUT2D eigenvalue weighted by Gasteiger charge is -2.35. The Morgan fingerprint density at radius 2 is 1.82 bits per heavy atom. The van der Waals surface area contributed by atoms with Crippen molar-refractivity contribution in [3.63, 3.8) is 0 Å². The largest absolute Gasteiger partial charge is 0.303 e. The molecule has 0 amide bonds. The fourth-order valence-electron chi connectivity index (χ4n) is 2.70. The maximum atomic E-state index is 12.6. The van der Waals surface area contributed by atoms with Crippen LogP contribution in [0.5, 0.6) is 0 Å². The molecule has 1 aliphatic rings. The molecule has 1 fully saturated rings. The van der Waals surface area contributed by atoms with Crippen molar-refractivity contribution < 1.29 is 13.3 Å². The smallest absolute Gasteiger partial charge is 0.269 e. The predicted octanol–water partition coefficient (Wildman–Crippen LogP) is 1.70. The molecule has 8 heteroatoms. The number of non-ortho nitro benzene ring substituents is 1. The zero-order valence-electron chi connectivity index (χ0n) is 12.8. The molecule has 1 heterocycles. The summed E-state index contributed by atoms with van der Waals surface area (Å²) in [6.45, 7) is 4.85. The van der Waals surface area contributed by atoms with E-state index in [0.717, 1.165) is 32.5 Å². The molecule has 1 aliphatic heterocycles. The van der Waals surface area contributed by atoms with Crippen LogP contribution in [0.1, 0.15) is 19.8 Å². The van der Waals surface area contributed by atoms with E-state index in [1.165, 1.54) is 28.6 Å². The quantitative estimate of drug-likeness (QED) is 0.607. The Morgan fingerprint density at radius 1 is 1.27 bits per heavy atom. The molecule has 0 atom stereocenters. The lowest BCUT2D eigenvalue weighted by molar-refractivity contribution is -0.384. The molecule has 0 bridgehead atoms. The summed E-state index contributed by atoms with van der Waals surface area (Å²) in [5.41, 5.74) is -0.113. The molecule has 0 spiro atoms. The van der Waals surface area contributed by atoms with Gasteiger partial charge in [-0.1, -0.05) is 6.92 Å². The molecule has 2 rings (SSSR count). The van der Waals surface area contributed by atoms with Gasteiger partial charge in [-0.25, -0.2) is 8.42 Å². The number of hydrogen-bond donors (Lipinski definition) is 0. The lowest BCUT2D eigenvalue weighted by Crippen LogP contribution is -2.45. The summed E-state index contributed by atoms with van der Waals surface area (Å²) in [7, 11) is -2.03. The van der Waals surface area contributed by atoms with Crippen LogP contribution < -0.4 is 0 Å². The van der Waals surface area contributed by atoms with Crippen molar-refractivity contribution in [3.05, 3.63) is 34.4 Å². The third kappa shape index (κ3) is 3.45. The van der Waals surface area contributed by atoms with E-state index in [0.29, 0.717) is 0 Å². The number of benzene rings is 1. The van der Waals surface area contributed by atoms with E-state index in [9.17, 15) is 18.5 Å². The number of nitro groups is 1. The van der Waals surface area contributed by atoms with Gasteiger partial charge in [-0.05, 0) is 44.6 Å². The summed E-state index contributed by atoms with van der Waals surface area (Å²) < 4.78 is 26.6. The zero-order valence-corrected chi connectivity index (χ0v) is 13.6. The average Bonchev–Trinajstić information content (AvgIpc) is 2.54. The Morgan fingerprint density at radius 3 is 2.27 bits per heavy atom. The molecule has 1 aromatic rings. The fourth-order valence-corrected chi connectivity index (χ4v) is 4.12. The van der Waals surface area contributed by atoms with Crippen molar-refractivity contribution in [2.75, 3.05) is 26.7 Å². The van der Waals surface area contributed by atoms with E-state index in [4.69, 9.17) is 0 Å². The highest BCUT2D eigenvalue weighted by Crippen LogP contribution is 2.24. The Labute approximate surface area is 130 Å². The highest BCUT2D eigenvalue weighted by molar-refractivity contribution is 7.89. The number of hydrogen-bond acceptors (Lipinski definition) is 5. The molecule has 0 unspecified atom stereocenters. The van der Waals surface area contributed by atoms with Gasteiger partial charge in [0.2, 0.25) is 10.0 Å². The number of nitrogens with zero attached hydrogens (tertiary/aromatic N) is 3. The van der Waals surface area contributed by atoms with E-state index in [1.54, 1.807) is 7.05 Å². The van der Waals surface area contributed by atoms with Crippen molar-refractivity contribution in [3.8, 4) is 0 Å². The van der Waals surface area contributed by atoms with Crippen LogP contribution in [0.2, 0.25) is 0 Å². The van der Waals surface area contributed by atoms with Crippen molar-refractivity contribution in [1.29, 1.82) is 0 Å². The number of piperidine rings is 1. The zero-order chi connectivity index (χ0) is 16.3. The normalized spacial score (nSPS) is 17.8. The monoisotopic (exact) mass is 327 g/mol. The topological polar surface area (TPSA) is 83.8 Å². The molecular formula is C14H21N3O4S. The Balaban J connectivity index is 2.14. The first kappa shape index (κ1) is 16.9. The maximum absolute atomic E-state index is 12.6. The molecule has 1 aromatic carbocycles. The molecule has 0 radical (unpaired) electrons. The second kappa shape index (κ2) is 6.72. The highest BCUT2D eigenvalue weighted by Gasteiger charge is 2.30. The molecular weight excluding hydrogens is 306 g/mol. The molecule has 1 saturated heterocycles. The van der Waals surface area contributed by atoms with Gasteiger partial charge in [0, 0.05) is 25.2 Å². The first-order valence-corrected chi connectivity index (χ1v) is 8.75. The molecule has 0 N–H and O–H groups in total. The summed E-state index contributed by atoms with van der Waals surface area (Å²) in [5.74, 6) is 0. The molecule has 0 aliphatic carbocycles. The van der Waals surface area contributed by atoms with Crippen molar-refractivity contribution in [1.82, 2.24) is 9.21 Å². The second-order valence-corrected chi connectivity index (χ2v) is 7.44. The van der Waals surface area contributed by atoms with E-state index in [-0.39, 0.29) is 16.6 Å². The molecule has 122 valence electrons. The minimum Gasteiger partial charge on any atom is -0.303 e. The summed E-state index contributed by atoms with van der Waals surface area (Å²) in [4.78, 5) is 12.5. The van der Waals surface area contributed by atoms with Crippen LogP contribution in [-0.2, 0) is 10.0 Å². The van der Waals surface area contributed by atoms with Crippen molar-refractivity contribution in [2.24, 2.45) is 0 Å². The highest BCUT2D eigenvalue weighted by atomic mass is 32.2. The summed E-state index contributed by atoms with van der Waals surface area (Å²) >= 11 is 0. The van der Waals surface area contributed by atoms with E-state index < -0.39 is 14.9 Å². The molecule has 7 nitrogen and oxygen atoms in total.